The number of carbonyl (C=O) groups excluding carboxylic acids is 1. The van der Waals surface area contributed by atoms with Crippen molar-refractivity contribution in [1.82, 2.24) is 10.2 Å². The first kappa shape index (κ1) is 11.2. The predicted octanol–water partition coefficient (Wildman–Crippen LogP) is 2.67. The van der Waals surface area contributed by atoms with Crippen molar-refractivity contribution in [2.75, 3.05) is 10.6 Å². The fraction of sp³-hybridized carbons (Fsp3) is 0.167. The summed E-state index contributed by atoms with van der Waals surface area (Å²) in [7, 11) is 0. The quantitative estimate of drug-likeness (QED) is 0.742. The fourth-order valence-corrected chi connectivity index (χ4v) is 1.40. The molecule has 1 heterocycles. The Kier molecular flexibility index (Phi) is 3.09. The number of amides is 2. The molecule has 5 nitrogen and oxygen atoms in total. The lowest BCUT2D eigenvalue weighted by molar-refractivity contribution is 0.262. The first-order valence-electron chi connectivity index (χ1n) is 5.30. The summed E-state index contributed by atoms with van der Waals surface area (Å²) in [6, 6.07) is 9.03. The van der Waals surface area contributed by atoms with Gasteiger partial charge in [0.25, 0.3) is 0 Å². The van der Waals surface area contributed by atoms with Crippen LogP contribution >= 0.6 is 0 Å². The number of carbonyl (C=O) groups is 1. The van der Waals surface area contributed by atoms with Gasteiger partial charge in [0, 0.05) is 17.4 Å². The monoisotopic (exact) mass is 230 g/mol. The summed E-state index contributed by atoms with van der Waals surface area (Å²) in [5, 5.41) is 12.0. The molecule has 0 bridgehead atoms. The predicted molar refractivity (Wildman–Crippen MR) is 67.1 cm³/mol. The molecular formula is C12H14N4O. The maximum atomic E-state index is 11.6. The molecule has 0 unspecified atom stereocenters. The number of urea groups is 1. The van der Waals surface area contributed by atoms with Gasteiger partial charge in [-0.15, -0.1) is 0 Å². The molecule has 0 radical (unpaired) electrons. The average molecular weight is 230 g/mol. The molecule has 88 valence electrons. The van der Waals surface area contributed by atoms with Crippen LogP contribution in [0.4, 0.5) is 16.3 Å². The van der Waals surface area contributed by atoms with Gasteiger partial charge in [0.05, 0.1) is 0 Å². The molecule has 0 saturated heterocycles. The molecule has 0 aliphatic heterocycles. The molecule has 5 heteroatoms. The zero-order valence-corrected chi connectivity index (χ0v) is 9.74. The number of anilines is 2. The van der Waals surface area contributed by atoms with Crippen LogP contribution < -0.4 is 10.6 Å². The van der Waals surface area contributed by atoms with Crippen molar-refractivity contribution in [2.45, 2.75) is 13.8 Å². The van der Waals surface area contributed by atoms with E-state index in [2.05, 4.69) is 20.8 Å². The van der Waals surface area contributed by atoms with Crippen LogP contribution in [0.5, 0.6) is 0 Å². The number of hydrogen-bond donors (Lipinski definition) is 3. The Bertz CT molecular complexity index is 516. The van der Waals surface area contributed by atoms with Gasteiger partial charge in [-0.3, -0.25) is 10.4 Å². The van der Waals surface area contributed by atoms with Gasteiger partial charge in [-0.1, -0.05) is 17.7 Å². The second kappa shape index (κ2) is 4.69. The number of aromatic nitrogens is 2. The molecule has 2 aromatic rings. The Labute approximate surface area is 99.2 Å². The maximum absolute atomic E-state index is 11.6. The standard InChI is InChI=1S/C12H14N4O/c1-8-3-5-10(6-4-8)13-12(17)14-11-7-9(2)15-16-11/h3-7H,1-2H3,(H3,13,14,15,16,17). The van der Waals surface area contributed by atoms with Crippen molar-refractivity contribution < 1.29 is 4.79 Å². The zero-order valence-electron chi connectivity index (χ0n) is 9.74. The first-order chi connectivity index (χ1) is 8.13. The highest BCUT2D eigenvalue weighted by atomic mass is 16.2. The fourth-order valence-electron chi connectivity index (χ4n) is 1.40. The smallest absolute Gasteiger partial charge is 0.308 e. The van der Waals surface area contributed by atoms with Crippen LogP contribution in [-0.4, -0.2) is 16.2 Å². The summed E-state index contributed by atoms with van der Waals surface area (Å²) in [6.07, 6.45) is 0. The minimum absolute atomic E-state index is 0.305. The number of hydrogen-bond acceptors (Lipinski definition) is 2. The maximum Gasteiger partial charge on any atom is 0.324 e. The normalized spacial score (nSPS) is 10.0. The van der Waals surface area contributed by atoms with E-state index in [-0.39, 0.29) is 6.03 Å². The second-order valence-electron chi connectivity index (χ2n) is 3.88. The van der Waals surface area contributed by atoms with Gasteiger partial charge in [0.1, 0.15) is 0 Å². The molecule has 3 N–H and O–H groups in total. The van der Waals surface area contributed by atoms with Gasteiger partial charge >= 0.3 is 6.03 Å². The molecule has 2 amide bonds. The first-order valence-corrected chi connectivity index (χ1v) is 5.30. The van der Waals surface area contributed by atoms with Crippen LogP contribution in [-0.2, 0) is 0 Å². The summed E-state index contributed by atoms with van der Waals surface area (Å²) in [6.45, 7) is 3.87. The van der Waals surface area contributed by atoms with Gasteiger partial charge in [0.2, 0.25) is 0 Å². The average Bonchev–Trinajstić information content (AvgIpc) is 2.67. The third kappa shape index (κ3) is 3.07. The van der Waals surface area contributed by atoms with Crippen LogP contribution in [0.25, 0.3) is 0 Å². The highest BCUT2D eigenvalue weighted by Crippen LogP contribution is 2.09. The lowest BCUT2D eigenvalue weighted by Crippen LogP contribution is -2.19. The van der Waals surface area contributed by atoms with Crippen LogP contribution in [0.3, 0.4) is 0 Å². The summed E-state index contributed by atoms with van der Waals surface area (Å²) in [5.41, 5.74) is 2.80. The van der Waals surface area contributed by atoms with Crippen LogP contribution in [0.15, 0.2) is 30.3 Å². The van der Waals surface area contributed by atoms with Gasteiger partial charge in [-0.2, -0.15) is 5.10 Å². The Balaban J connectivity index is 1.95. The number of H-pyrrole nitrogens is 1. The summed E-state index contributed by atoms with van der Waals surface area (Å²) >= 11 is 0. The molecule has 1 aromatic carbocycles. The summed E-state index contributed by atoms with van der Waals surface area (Å²) in [5.74, 6) is 0.507. The van der Waals surface area contributed by atoms with E-state index in [1.165, 1.54) is 0 Å². The number of aryl methyl sites for hydroxylation is 2. The third-order valence-corrected chi connectivity index (χ3v) is 2.26. The van der Waals surface area contributed by atoms with Gasteiger partial charge < -0.3 is 5.32 Å². The highest BCUT2D eigenvalue weighted by Gasteiger charge is 2.04. The largest absolute Gasteiger partial charge is 0.324 e. The van der Waals surface area contributed by atoms with E-state index in [0.717, 1.165) is 16.9 Å². The zero-order chi connectivity index (χ0) is 12.3. The molecule has 0 saturated carbocycles. The Morgan fingerprint density at radius 1 is 1.18 bits per heavy atom. The molecule has 0 aliphatic rings. The van der Waals surface area contributed by atoms with Gasteiger partial charge in [-0.05, 0) is 26.0 Å². The minimum atomic E-state index is -0.305. The van der Waals surface area contributed by atoms with Crippen molar-refractivity contribution in [1.29, 1.82) is 0 Å². The third-order valence-electron chi connectivity index (χ3n) is 2.26. The summed E-state index contributed by atoms with van der Waals surface area (Å²) in [4.78, 5) is 11.6. The van der Waals surface area contributed by atoms with E-state index in [1.54, 1.807) is 6.07 Å². The van der Waals surface area contributed by atoms with Crippen molar-refractivity contribution in [3.63, 3.8) is 0 Å². The SMILES string of the molecule is Cc1ccc(NC(=O)Nc2cc(C)[nH]n2)cc1. The minimum Gasteiger partial charge on any atom is -0.308 e. The molecular weight excluding hydrogens is 216 g/mol. The molecule has 17 heavy (non-hydrogen) atoms. The van der Waals surface area contributed by atoms with Crippen LogP contribution in [0.2, 0.25) is 0 Å². The Hall–Kier alpha value is -2.30. The van der Waals surface area contributed by atoms with E-state index in [0.29, 0.717) is 5.82 Å². The number of nitrogens with one attached hydrogen (secondary N) is 3. The molecule has 2 rings (SSSR count). The van der Waals surface area contributed by atoms with E-state index in [4.69, 9.17) is 0 Å². The van der Waals surface area contributed by atoms with E-state index >= 15 is 0 Å². The van der Waals surface area contributed by atoms with E-state index in [9.17, 15) is 4.79 Å². The lowest BCUT2D eigenvalue weighted by atomic mass is 10.2. The van der Waals surface area contributed by atoms with Crippen molar-refractivity contribution in [2.24, 2.45) is 0 Å². The number of aromatic amines is 1. The molecule has 1 aromatic heterocycles. The number of rotatable bonds is 2. The Morgan fingerprint density at radius 2 is 1.88 bits per heavy atom. The van der Waals surface area contributed by atoms with Crippen molar-refractivity contribution in [3.05, 3.63) is 41.6 Å². The number of benzene rings is 1. The van der Waals surface area contributed by atoms with Gasteiger partial charge in [-0.25, -0.2) is 4.79 Å². The molecule has 0 aliphatic carbocycles. The van der Waals surface area contributed by atoms with Crippen LogP contribution in [0.1, 0.15) is 11.3 Å². The van der Waals surface area contributed by atoms with E-state index in [1.807, 2.05) is 38.1 Å². The van der Waals surface area contributed by atoms with E-state index < -0.39 is 0 Å². The van der Waals surface area contributed by atoms with Crippen LogP contribution in [0, 0.1) is 13.8 Å². The molecule has 0 atom stereocenters. The lowest BCUT2D eigenvalue weighted by Gasteiger charge is -2.05. The molecule has 0 fully saturated rings. The molecule has 0 spiro atoms. The topological polar surface area (TPSA) is 69.8 Å². The Morgan fingerprint density at radius 3 is 2.47 bits per heavy atom. The van der Waals surface area contributed by atoms with Gasteiger partial charge in [0.15, 0.2) is 5.82 Å². The van der Waals surface area contributed by atoms with Crippen molar-refractivity contribution >= 4 is 17.5 Å². The van der Waals surface area contributed by atoms with Crippen molar-refractivity contribution in [3.8, 4) is 0 Å². The highest BCUT2D eigenvalue weighted by molar-refractivity contribution is 5.99. The second-order valence-corrected chi connectivity index (χ2v) is 3.88. The number of nitrogens with zero attached hydrogens (tertiary/aromatic N) is 1. The summed E-state index contributed by atoms with van der Waals surface area (Å²) < 4.78 is 0.